The van der Waals surface area contributed by atoms with Crippen molar-refractivity contribution in [1.82, 2.24) is 10.2 Å². The number of carbonyl (C=O) groups excluding carboxylic acids is 2. The lowest BCUT2D eigenvalue weighted by molar-refractivity contribution is -0.141. The smallest absolute Gasteiger partial charge is 0.227 e. The zero-order valence-electron chi connectivity index (χ0n) is 11.2. The molecule has 0 aromatic heterocycles. The molecule has 102 valence electrons. The van der Waals surface area contributed by atoms with Crippen LogP contribution in [0.25, 0.3) is 0 Å². The van der Waals surface area contributed by atoms with Gasteiger partial charge in [0.05, 0.1) is 11.8 Å². The zero-order chi connectivity index (χ0) is 13.3. The molecule has 4 atom stereocenters. The van der Waals surface area contributed by atoms with Gasteiger partial charge in [-0.1, -0.05) is 6.92 Å². The van der Waals surface area contributed by atoms with Crippen molar-refractivity contribution in [2.45, 2.75) is 32.7 Å². The molecule has 5 nitrogen and oxygen atoms in total. The number of carbonyl (C=O) groups is 2. The minimum absolute atomic E-state index is 0.0547. The number of primary amides is 1. The van der Waals surface area contributed by atoms with Gasteiger partial charge in [-0.25, -0.2) is 0 Å². The van der Waals surface area contributed by atoms with Gasteiger partial charge in [-0.3, -0.25) is 9.59 Å². The third-order valence-corrected chi connectivity index (χ3v) is 4.40. The highest BCUT2D eigenvalue weighted by atomic mass is 16.2. The van der Waals surface area contributed by atoms with Crippen LogP contribution in [-0.4, -0.2) is 42.4 Å². The van der Waals surface area contributed by atoms with Crippen molar-refractivity contribution in [1.29, 1.82) is 0 Å². The summed E-state index contributed by atoms with van der Waals surface area (Å²) in [5.74, 6) is 0.163. The number of hydrogen-bond donors (Lipinski definition) is 2. The second kappa shape index (κ2) is 5.26. The summed E-state index contributed by atoms with van der Waals surface area (Å²) in [4.78, 5) is 25.7. The molecule has 5 heteroatoms. The third-order valence-electron chi connectivity index (χ3n) is 4.40. The first-order valence-electron chi connectivity index (χ1n) is 6.81. The summed E-state index contributed by atoms with van der Waals surface area (Å²) in [5, 5.41) is 3.25. The Morgan fingerprint density at radius 3 is 2.50 bits per heavy atom. The number of nitrogens with zero attached hydrogens (tertiary/aromatic N) is 1. The molecule has 2 amide bonds. The van der Waals surface area contributed by atoms with Crippen LogP contribution >= 0.6 is 0 Å². The van der Waals surface area contributed by atoms with Gasteiger partial charge < -0.3 is 16.0 Å². The Balaban J connectivity index is 2.05. The number of nitrogens with two attached hydrogens (primary N) is 1. The third kappa shape index (κ3) is 2.51. The van der Waals surface area contributed by atoms with Crippen molar-refractivity contribution in [3.05, 3.63) is 0 Å². The molecule has 0 spiro atoms. The van der Waals surface area contributed by atoms with Gasteiger partial charge in [0, 0.05) is 19.1 Å². The Morgan fingerprint density at radius 2 is 1.94 bits per heavy atom. The zero-order valence-corrected chi connectivity index (χ0v) is 11.2. The lowest BCUT2D eigenvalue weighted by Gasteiger charge is -2.38. The van der Waals surface area contributed by atoms with E-state index in [4.69, 9.17) is 5.73 Å². The van der Waals surface area contributed by atoms with E-state index in [9.17, 15) is 9.59 Å². The molecule has 4 unspecified atom stereocenters. The molecule has 2 rings (SSSR count). The number of amides is 2. The molecular weight excluding hydrogens is 230 g/mol. The van der Waals surface area contributed by atoms with Gasteiger partial charge >= 0.3 is 0 Å². The van der Waals surface area contributed by atoms with E-state index < -0.39 is 0 Å². The van der Waals surface area contributed by atoms with Crippen LogP contribution in [0.3, 0.4) is 0 Å². The summed E-state index contributed by atoms with van der Waals surface area (Å²) in [6.07, 6.45) is 1.67. The average molecular weight is 253 g/mol. The molecule has 0 aliphatic carbocycles. The molecule has 3 N–H and O–H groups in total. The van der Waals surface area contributed by atoms with Gasteiger partial charge in [-0.05, 0) is 32.2 Å². The van der Waals surface area contributed by atoms with Crippen LogP contribution in [0.2, 0.25) is 0 Å². The molecule has 2 fully saturated rings. The normalized spacial score (nSPS) is 36.7. The number of hydrogen-bond acceptors (Lipinski definition) is 3. The fraction of sp³-hybridized carbons (Fsp3) is 0.846. The Morgan fingerprint density at radius 1 is 1.22 bits per heavy atom. The largest absolute Gasteiger partial charge is 0.369 e. The van der Waals surface area contributed by atoms with Crippen molar-refractivity contribution in [2.75, 3.05) is 19.6 Å². The second-order valence-electron chi connectivity index (χ2n) is 5.76. The summed E-state index contributed by atoms with van der Waals surface area (Å²) < 4.78 is 0. The van der Waals surface area contributed by atoms with Crippen molar-refractivity contribution in [3.8, 4) is 0 Å². The monoisotopic (exact) mass is 253 g/mol. The van der Waals surface area contributed by atoms with Gasteiger partial charge in [0.15, 0.2) is 0 Å². The van der Waals surface area contributed by atoms with Crippen molar-refractivity contribution < 1.29 is 9.59 Å². The highest BCUT2D eigenvalue weighted by molar-refractivity contribution is 5.82. The SMILES string of the molecule is CC1CNCC1C(=O)N1CC(C(N)=O)CCC1C. The van der Waals surface area contributed by atoms with Crippen LogP contribution < -0.4 is 11.1 Å². The average Bonchev–Trinajstić information content (AvgIpc) is 2.75. The van der Waals surface area contributed by atoms with E-state index in [0.717, 1.165) is 25.9 Å². The Kier molecular flexibility index (Phi) is 3.90. The predicted molar refractivity (Wildman–Crippen MR) is 68.6 cm³/mol. The van der Waals surface area contributed by atoms with Crippen LogP contribution in [-0.2, 0) is 9.59 Å². The maximum Gasteiger partial charge on any atom is 0.227 e. The second-order valence-corrected chi connectivity index (χ2v) is 5.76. The molecular formula is C13H23N3O2. The summed E-state index contributed by atoms with van der Waals surface area (Å²) >= 11 is 0. The van der Waals surface area contributed by atoms with Crippen molar-refractivity contribution >= 4 is 11.8 Å². The van der Waals surface area contributed by atoms with E-state index in [2.05, 4.69) is 19.2 Å². The van der Waals surface area contributed by atoms with Gasteiger partial charge in [0.2, 0.25) is 11.8 Å². The first-order chi connectivity index (χ1) is 8.50. The lowest BCUT2D eigenvalue weighted by atomic mass is 9.89. The molecule has 0 bridgehead atoms. The molecule has 2 aliphatic rings. The number of likely N-dealkylation sites (tertiary alicyclic amines) is 1. The van der Waals surface area contributed by atoms with Crippen LogP contribution in [0, 0.1) is 17.8 Å². The summed E-state index contributed by atoms with van der Waals surface area (Å²) in [6.45, 7) is 6.31. The van der Waals surface area contributed by atoms with Gasteiger partial charge in [-0.15, -0.1) is 0 Å². The predicted octanol–water partition coefficient (Wildman–Crippen LogP) is -0.0457. The van der Waals surface area contributed by atoms with E-state index in [1.807, 2.05) is 4.90 Å². The van der Waals surface area contributed by atoms with E-state index in [0.29, 0.717) is 12.5 Å². The topological polar surface area (TPSA) is 75.4 Å². The fourth-order valence-corrected chi connectivity index (χ4v) is 3.00. The van der Waals surface area contributed by atoms with Gasteiger partial charge in [-0.2, -0.15) is 0 Å². The molecule has 0 aromatic carbocycles. The molecule has 0 saturated carbocycles. The highest BCUT2D eigenvalue weighted by Gasteiger charge is 2.38. The standard InChI is InChI=1S/C13H23N3O2/c1-8-5-15-6-11(8)13(18)16-7-10(12(14)17)4-3-9(16)2/h8-11,15H,3-7H2,1-2H3,(H2,14,17). The quantitative estimate of drug-likeness (QED) is 0.725. The Bertz CT molecular complexity index is 345. The first kappa shape index (κ1) is 13.3. The Labute approximate surface area is 108 Å². The number of rotatable bonds is 2. The summed E-state index contributed by atoms with van der Waals surface area (Å²) in [5.41, 5.74) is 5.37. The van der Waals surface area contributed by atoms with Crippen molar-refractivity contribution in [3.63, 3.8) is 0 Å². The minimum Gasteiger partial charge on any atom is -0.369 e. The summed E-state index contributed by atoms with van der Waals surface area (Å²) in [7, 11) is 0. The van der Waals surface area contributed by atoms with Gasteiger partial charge in [0.25, 0.3) is 0 Å². The first-order valence-corrected chi connectivity index (χ1v) is 6.81. The lowest BCUT2D eigenvalue weighted by Crippen LogP contribution is -2.51. The molecule has 2 saturated heterocycles. The van der Waals surface area contributed by atoms with Crippen molar-refractivity contribution in [2.24, 2.45) is 23.5 Å². The number of piperidine rings is 1. The number of nitrogens with one attached hydrogen (secondary N) is 1. The Hall–Kier alpha value is -1.10. The van der Waals surface area contributed by atoms with E-state index in [-0.39, 0.29) is 29.7 Å². The molecule has 2 heterocycles. The van der Waals surface area contributed by atoms with E-state index in [1.165, 1.54) is 0 Å². The van der Waals surface area contributed by atoms with Gasteiger partial charge in [0.1, 0.15) is 0 Å². The van der Waals surface area contributed by atoms with Crippen LogP contribution in [0.5, 0.6) is 0 Å². The fourth-order valence-electron chi connectivity index (χ4n) is 3.00. The van der Waals surface area contributed by atoms with Crippen LogP contribution in [0.15, 0.2) is 0 Å². The maximum absolute atomic E-state index is 12.5. The van der Waals surface area contributed by atoms with E-state index >= 15 is 0 Å². The van der Waals surface area contributed by atoms with Crippen LogP contribution in [0.4, 0.5) is 0 Å². The molecule has 0 aromatic rings. The highest BCUT2D eigenvalue weighted by Crippen LogP contribution is 2.26. The molecule has 0 radical (unpaired) electrons. The molecule has 2 aliphatic heterocycles. The molecule has 18 heavy (non-hydrogen) atoms. The van der Waals surface area contributed by atoms with Crippen LogP contribution in [0.1, 0.15) is 26.7 Å². The van der Waals surface area contributed by atoms with E-state index in [1.54, 1.807) is 0 Å². The minimum atomic E-state index is -0.280. The maximum atomic E-state index is 12.5. The summed E-state index contributed by atoms with van der Waals surface area (Å²) in [6, 6.07) is 0.223.